The zero-order chi connectivity index (χ0) is 22.0. The van der Waals surface area contributed by atoms with E-state index in [1.807, 2.05) is 36.4 Å². The minimum atomic E-state index is -0.613. The summed E-state index contributed by atoms with van der Waals surface area (Å²) in [4.78, 5) is 26.9. The van der Waals surface area contributed by atoms with E-state index in [0.29, 0.717) is 22.7 Å². The maximum Gasteiger partial charge on any atom is 0.271 e. The lowest BCUT2D eigenvalue weighted by Gasteiger charge is -2.27. The highest BCUT2D eigenvalue weighted by Crippen LogP contribution is 2.30. The van der Waals surface area contributed by atoms with Gasteiger partial charge in [-0.2, -0.15) is 5.26 Å². The summed E-state index contributed by atoms with van der Waals surface area (Å²) in [6.07, 6.45) is 1.52. The number of imide groups is 1. The van der Waals surface area contributed by atoms with E-state index in [1.165, 1.54) is 18.2 Å². The number of nitriles is 1. The quantitative estimate of drug-likeness (QED) is 0.452. The topological polar surface area (TPSA) is 74.3 Å². The number of benzene rings is 2. The first-order chi connectivity index (χ1) is 15.0. The SMILES string of the molecule is CC1=C(C#N)C(=O)N(Cc2ccccc2)C(=O)/C1=C/c1ccc(-c2ccc(F)cc2)o1. The van der Waals surface area contributed by atoms with E-state index in [1.54, 1.807) is 31.2 Å². The molecule has 6 heteroatoms. The molecule has 0 atom stereocenters. The predicted octanol–water partition coefficient (Wildman–Crippen LogP) is 4.88. The van der Waals surface area contributed by atoms with Crippen LogP contribution in [0.2, 0.25) is 0 Å². The molecule has 0 unspecified atom stereocenters. The Kier molecular flexibility index (Phi) is 5.33. The van der Waals surface area contributed by atoms with Gasteiger partial charge >= 0.3 is 0 Å². The zero-order valence-corrected chi connectivity index (χ0v) is 16.6. The van der Waals surface area contributed by atoms with Crippen molar-refractivity contribution in [2.24, 2.45) is 0 Å². The van der Waals surface area contributed by atoms with Crippen molar-refractivity contribution < 1.29 is 18.4 Å². The first kappa shape index (κ1) is 20.0. The molecule has 1 aromatic heterocycles. The molecule has 0 fully saturated rings. The largest absolute Gasteiger partial charge is 0.457 e. The molecule has 2 aromatic carbocycles. The third-order valence-corrected chi connectivity index (χ3v) is 5.05. The first-order valence-electron chi connectivity index (χ1n) is 9.57. The van der Waals surface area contributed by atoms with Crippen LogP contribution in [0.4, 0.5) is 4.39 Å². The Bertz CT molecular complexity index is 1260. The molecule has 3 aromatic rings. The molecular weight excluding hydrogens is 395 g/mol. The molecule has 2 amide bonds. The van der Waals surface area contributed by atoms with Gasteiger partial charge in [-0.05, 0) is 60.5 Å². The molecule has 0 bridgehead atoms. The Morgan fingerprint density at radius 2 is 1.71 bits per heavy atom. The molecule has 2 heterocycles. The van der Waals surface area contributed by atoms with Gasteiger partial charge < -0.3 is 4.42 Å². The summed E-state index contributed by atoms with van der Waals surface area (Å²) in [5.41, 5.74) is 1.91. The monoisotopic (exact) mass is 412 g/mol. The summed E-state index contributed by atoms with van der Waals surface area (Å²) in [6, 6.07) is 20.3. The average molecular weight is 412 g/mol. The molecule has 4 rings (SSSR count). The van der Waals surface area contributed by atoms with Gasteiger partial charge in [-0.1, -0.05) is 30.3 Å². The summed E-state index contributed by atoms with van der Waals surface area (Å²) in [7, 11) is 0. The van der Waals surface area contributed by atoms with Gasteiger partial charge in [0.05, 0.1) is 6.54 Å². The Balaban J connectivity index is 1.71. The van der Waals surface area contributed by atoms with Crippen LogP contribution in [0.3, 0.4) is 0 Å². The zero-order valence-electron chi connectivity index (χ0n) is 16.6. The number of furan rings is 1. The van der Waals surface area contributed by atoms with Gasteiger partial charge in [-0.15, -0.1) is 0 Å². The van der Waals surface area contributed by atoms with E-state index < -0.39 is 11.8 Å². The van der Waals surface area contributed by atoms with Crippen molar-refractivity contribution in [3.05, 3.63) is 101 Å². The van der Waals surface area contributed by atoms with Crippen molar-refractivity contribution in [2.45, 2.75) is 13.5 Å². The van der Waals surface area contributed by atoms with Gasteiger partial charge in [0.2, 0.25) is 0 Å². The average Bonchev–Trinajstić information content (AvgIpc) is 3.24. The standard InChI is InChI=1S/C25H17FN2O3/c1-16-21(13-20-11-12-23(31-20)18-7-9-19(26)10-8-18)24(29)28(25(30)22(16)14-27)15-17-5-3-2-4-6-17/h2-13H,15H2,1H3/b21-13+. The van der Waals surface area contributed by atoms with Crippen molar-refractivity contribution in [3.8, 4) is 17.4 Å². The molecule has 0 N–H and O–H groups in total. The van der Waals surface area contributed by atoms with E-state index in [4.69, 9.17) is 4.42 Å². The summed E-state index contributed by atoms with van der Waals surface area (Å²) < 4.78 is 19.0. The fourth-order valence-corrected chi connectivity index (χ4v) is 3.38. The van der Waals surface area contributed by atoms with Crippen molar-refractivity contribution in [1.82, 2.24) is 4.90 Å². The van der Waals surface area contributed by atoms with Gasteiger partial charge in [-0.25, -0.2) is 4.39 Å². The Labute approximate surface area is 178 Å². The maximum atomic E-state index is 13.2. The van der Waals surface area contributed by atoms with Crippen molar-refractivity contribution >= 4 is 17.9 Å². The second-order valence-corrected chi connectivity index (χ2v) is 7.06. The normalized spacial score (nSPS) is 15.5. The van der Waals surface area contributed by atoms with E-state index in [-0.39, 0.29) is 23.5 Å². The van der Waals surface area contributed by atoms with Gasteiger partial charge in [0.15, 0.2) is 0 Å². The van der Waals surface area contributed by atoms with Crippen LogP contribution in [-0.4, -0.2) is 16.7 Å². The number of carbonyl (C=O) groups is 2. The van der Waals surface area contributed by atoms with Crippen LogP contribution in [-0.2, 0) is 16.1 Å². The number of amides is 2. The van der Waals surface area contributed by atoms with Gasteiger partial charge in [0.25, 0.3) is 11.8 Å². The number of hydrogen-bond donors (Lipinski definition) is 0. The first-order valence-corrected chi connectivity index (χ1v) is 9.57. The van der Waals surface area contributed by atoms with Gasteiger partial charge in [0, 0.05) is 11.1 Å². The summed E-state index contributed by atoms with van der Waals surface area (Å²) in [5, 5.41) is 9.51. The summed E-state index contributed by atoms with van der Waals surface area (Å²) >= 11 is 0. The second-order valence-electron chi connectivity index (χ2n) is 7.06. The molecule has 1 aliphatic heterocycles. The molecule has 0 spiro atoms. The molecule has 5 nitrogen and oxygen atoms in total. The fraction of sp³-hybridized carbons (Fsp3) is 0.0800. The van der Waals surface area contributed by atoms with Crippen molar-refractivity contribution in [1.29, 1.82) is 5.26 Å². The van der Waals surface area contributed by atoms with E-state index >= 15 is 0 Å². The second kappa shape index (κ2) is 8.25. The number of hydrogen-bond acceptors (Lipinski definition) is 4. The van der Waals surface area contributed by atoms with E-state index in [0.717, 1.165) is 10.5 Å². The Hall–Kier alpha value is -4.24. The van der Waals surface area contributed by atoms with Crippen LogP contribution < -0.4 is 0 Å². The predicted molar refractivity (Wildman–Crippen MR) is 112 cm³/mol. The Morgan fingerprint density at radius 3 is 2.39 bits per heavy atom. The van der Waals surface area contributed by atoms with Crippen molar-refractivity contribution in [3.63, 3.8) is 0 Å². The third-order valence-electron chi connectivity index (χ3n) is 5.05. The summed E-state index contributed by atoms with van der Waals surface area (Å²) in [6.45, 7) is 1.64. The van der Waals surface area contributed by atoms with Crippen LogP contribution in [0.5, 0.6) is 0 Å². The molecule has 152 valence electrons. The molecule has 31 heavy (non-hydrogen) atoms. The third kappa shape index (κ3) is 3.94. The highest BCUT2D eigenvalue weighted by atomic mass is 19.1. The lowest BCUT2D eigenvalue weighted by molar-refractivity contribution is -0.141. The number of rotatable bonds is 4. The lowest BCUT2D eigenvalue weighted by atomic mass is 9.94. The molecule has 0 saturated carbocycles. The van der Waals surface area contributed by atoms with E-state index in [9.17, 15) is 19.2 Å². The van der Waals surface area contributed by atoms with Crippen LogP contribution in [0.25, 0.3) is 17.4 Å². The summed E-state index contributed by atoms with van der Waals surface area (Å²) in [5.74, 6) is -0.566. The van der Waals surface area contributed by atoms with E-state index in [2.05, 4.69) is 0 Å². The molecule has 0 aliphatic carbocycles. The molecule has 0 saturated heterocycles. The lowest BCUT2D eigenvalue weighted by Crippen LogP contribution is -2.42. The number of halogens is 1. The van der Waals surface area contributed by atoms with Crippen LogP contribution in [0.15, 0.2) is 87.9 Å². The minimum Gasteiger partial charge on any atom is -0.457 e. The van der Waals surface area contributed by atoms with Gasteiger partial charge in [-0.3, -0.25) is 14.5 Å². The van der Waals surface area contributed by atoms with Crippen molar-refractivity contribution in [2.75, 3.05) is 0 Å². The fourth-order valence-electron chi connectivity index (χ4n) is 3.38. The number of carbonyl (C=O) groups excluding carboxylic acids is 2. The number of nitrogens with zero attached hydrogens (tertiary/aromatic N) is 2. The van der Waals surface area contributed by atoms with Crippen LogP contribution in [0, 0.1) is 17.1 Å². The Morgan fingerprint density at radius 1 is 1.00 bits per heavy atom. The minimum absolute atomic E-state index is 0.0628. The van der Waals surface area contributed by atoms with Crippen LogP contribution in [0.1, 0.15) is 18.2 Å². The van der Waals surface area contributed by atoms with Crippen LogP contribution >= 0.6 is 0 Å². The van der Waals surface area contributed by atoms with Gasteiger partial charge in [0.1, 0.15) is 29.0 Å². The molecule has 1 aliphatic rings. The highest BCUT2D eigenvalue weighted by Gasteiger charge is 2.35. The smallest absolute Gasteiger partial charge is 0.271 e. The maximum absolute atomic E-state index is 13.2. The molecular formula is C25H17FN2O3. The highest BCUT2D eigenvalue weighted by molar-refractivity contribution is 6.19. The molecule has 0 radical (unpaired) electrons.